The number of fused-ring (bicyclic) bond motifs is 4. The molecule has 0 radical (unpaired) electrons. The molecular weight excluding hydrogens is 558 g/mol. The molecule has 44 heavy (non-hydrogen) atoms. The third-order valence-corrected chi connectivity index (χ3v) is 7.81. The third kappa shape index (κ3) is 5.52. The number of non-ortho nitro benzene ring substituents is 1. The maximum absolute atomic E-state index is 11.3. The first-order valence-corrected chi connectivity index (χ1v) is 14.7. The van der Waals surface area contributed by atoms with E-state index in [1.807, 2.05) is 16.8 Å². The maximum Gasteiger partial charge on any atom is 0.273 e. The second-order valence-corrected chi connectivity index (χ2v) is 10.6. The highest BCUT2D eigenvalue weighted by molar-refractivity contribution is 6.09. The van der Waals surface area contributed by atoms with Crippen molar-refractivity contribution in [2.24, 2.45) is 10.2 Å². The van der Waals surface area contributed by atoms with Crippen molar-refractivity contribution in [2.45, 2.75) is 32.9 Å². The quantitative estimate of drug-likeness (QED) is 0.0849. The Hall–Kier alpha value is -5.06. The molecule has 224 valence electrons. The molecule has 0 aliphatic rings. The van der Waals surface area contributed by atoms with Gasteiger partial charge < -0.3 is 24.1 Å². The van der Waals surface area contributed by atoms with Gasteiger partial charge in [0.25, 0.3) is 5.69 Å². The molecule has 2 N–H and O–H groups in total. The summed E-state index contributed by atoms with van der Waals surface area (Å²) in [7, 11) is 0. The highest BCUT2D eigenvalue weighted by Gasteiger charge is 2.15. The SMILES string of the molecule is CCCCn1c2ccccc2c2cc(-c3ccc4c(c3)c(N=Nc3ccc([N+](=O)[O-])cc3OCCO)cn4CCO)ccc21. The molecule has 10 nitrogen and oxygen atoms in total. The zero-order valence-corrected chi connectivity index (χ0v) is 24.4. The second kappa shape index (κ2) is 12.7. The van der Waals surface area contributed by atoms with Crippen molar-refractivity contribution in [1.29, 1.82) is 0 Å². The van der Waals surface area contributed by atoms with Crippen molar-refractivity contribution in [3.05, 3.63) is 95.2 Å². The van der Waals surface area contributed by atoms with Crippen LogP contribution < -0.4 is 4.74 Å². The number of aliphatic hydroxyl groups is 2. The number of aliphatic hydroxyl groups excluding tert-OH is 2. The highest BCUT2D eigenvalue weighted by atomic mass is 16.6. The molecule has 0 atom stereocenters. The van der Waals surface area contributed by atoms with E-state index in [-0.39, 0.29) is 31.3 Å². The topological polar surface area (TPSA) is 127 Å². The van der Waals surface area contributed by atoms with Crippen molar-refractivity contribution < 1.29 is 19.9 Å². The molecule has 0 aliphatic heterocycles. The first kappa shape index (κ1) is 29.0. The van der Waals surface area contributed by atoms with Crippen molar-refractivity contribution in [3.8, 4) is 16.9 Å². The number of azo groups is 1. The molecule has 0 saturated carbocycles. The molecule has 0 fully saturated rings. The van der Waals surface area contributed by atoms with Crippen LogP contribution in [0.2, 0.25) is 0 Å². The molecule has 10 heteroatoms. The molecule has 2 aromatic heterocycles. The molecule has 4 aromatic carbocycles. The first-order valence-electron chi connectivity index (χ1n) is 14.7. The fourth-order valence-corrected chi connectivity index (χ4v) is 5.70. The summed E-state index contributed by atoms with van der Waals surface area (Å²) in [6.45, 7) is 3.24. The lowest BCUT2D eigenvalue weighted by Crippen LogP contribution is -2.02. The average Bonchev–Trinajstić information content (AvgIpc) is 3.56. The minimum Gasteiger partial charge on any atom is -0.489 e. The van der Waals surface area contributed by atoms with Crippen LogP contribution >= 0.6 is 0 Å². The van der Waals surface area contributed by atoms with Crippen LogP contribution in [0.3, 0.4) is 0 Å². The maximum atomic E-state index is 11.3. The minimum atomic E-state index is -0.517. The van der Waals surface area contributed by atoms with E-state index in [4.69, 9.17) is 4.74 Å². The molecule has 0 saturated heterocycles. The van der Waals surface area contributed by atoms with Gasteiger partial charge in [-0.2, -0.15) is 0 Å². The second-order valence-electron chi connectivity index (χ2n) is 10.6. The van der Waals surface area contributed by atoms with Gasteiger partial charge in [0.1, 0.15) is 18.0 Å². The molecule has 2 heterocycles. The van der Waals surface area contributed by atoms with E-state index in [9.17, 15) is 20.3 Å². The summed E-state index contributed by atoms with van der Waals surface area (Å²) >= 11 is 0. The van der Waals surface area contributed by atoms with E-state index in [2.05, 4.69) is 76.3 Å². The zero-order chi connectivity index (χ0) is 30.6. The number of nitrogens with zero attached hydrogens (tertiary/aromatic N) is 5. The fraction of sp³-hybridized carbons (Fsp3) is 0.235. The number of unbranched alkanes of at least 4 members (excludes halogenated alkanes) is 1. The van der Waals surface area contributed by atoms with Crippen LogP contribution in [0.4, 0.5) is 17.1 Å². The number of para-hydroxylation sites is 1. The number of nitro groups is 1. The highest BCUT2D eigenvalue weighted by Crippen LogP contribution is 2.38. The number of ether oxygens (including phenoxy) is 1. The van der Waals surface area contributed by atoms with Gasteiger partial charge in [-0.3, -0.25) is 10.1 Å². The van der Waals surface area contributed by atoms with Gasteiger partial charge in [0.15, 0.2) is 5.75 Å². The van der Waals surface area contributed by atoms with Gasteiger partial charge in [-0.05, 0) is 53.9 Å². The number of nitro benzene ring substituents is 1. The average molecular weight is 592 g/mol. The molecule has 6 rings (SSSR count). The van der Waals surface area contributed by atoms with E-state index in [1.54, 1.807) is 0 Å². The standard InChI is InChI=1S/C34H33N5O5/c1-2-3-14-38-32-7-5-4-6-26(32)27-19-23(9-13-33(27)38)24-8-12-31-28(20-24)30(22-37(31)15-16-40)36-35-29-11-10-25(39(42)43)21-34(29)44-18-17-41/h4-13,19-22,40-41H,2-3,14-18H2,1H3. The lowest BCUT2D eigenvalue weighted by atomic mass is 10.0. The summed E-state index contributed by atoms with van der Waals surface area (Å²) < 4.78 is 9.85. The summed E-state index contributed by atoms with van der Waals surface area (Å²) in [4.78, 5) is 10.8. The molecule has 0 bridgehead atoms. The summed E-state index contributed by atoms with van der Waals surface area (Å²) in [5, 5.41) is 42.4. The van der Waals surface area contributed by atoms with E-state index >= 15 is 0 Å². The number of benzene rings is 4. The molecule has 0 aliphatic carbocycles. The monoisotopic (exact) mass is 591 g/mol. The van der Waals surface area contributed by atoms with E-state index in [0.29, 0.717) is 17.9 Å². The summed E-state index contributed by atoms with van der Waals surface area (Å²) in [6.07, 6.45) is 4.07. The Kier molecular flexibility index (Phi) is 8.36. The van der Waals surface area contributed by atoms with Crippen molar-refractivity contribution in [1.82, 2.24) is 9.13 Å². The fourth-order valence-electron chi connectivity index (χ4n) is 5.70. The third-order valence-electron chi connectivity index (χ3n) is 7.81. The van der Waals surface area contributed by atoms with Crippen LogP contribution in [0, 0.1) is 10.1 Å². The smallest absolute Gasteiger partial charge is 0.273 e. The Morgan fingerprint density at radius 2 is 1.52 bits per heavy atom. The van der Waals surface area contributed by atoms with Crippen molar-refractivity contribution in [2.75, 3.05) is 19.8 Å². The lowest BCUT2D eigenvalue weighted by molar-refractivity contribution is -0.384. The molecule has 6 aromatic rings. The van der Waals surface area contributed by atoms with Crippen LogP contribution in [-0.4, -0.2) is 44.1 Å². The van der Waals surface area contributed by atoms with Gasteiger partial charge >= 0.3 is 0 Å². The number of rotatable bonds is 12. The molecule has 0 spiro atoms. The largest absolute Gasteiger partial charge is 0.489 e. The normalized spacial score (nSPS) is 11.8. The van der Waals surface area contributed by atoms with Crippen molar-refractivity contribution in [3.63, 3.8) is 0 Å². The van der Waals surface area contributed by atoms with Gasteiger partial charge in [-0.25, -0.2) is 0 Å². The molecule has 0 amide bonds. The first-order chi connectivity index (χ1) is 21.5. The van der Waals surface area contributed by atoms with Crippen LogP contribution in [-0.2, 0) is 13.1 Å². The summed E-state index contributed by atoms with van der Waals surface area (Å²) in [5.74, 6) is 0.156. The van der Waals surface area contributed by atoms with Crippen LogP contribution in [0.15, 0.2) is 95.3 Å². The minimum absolute atomic E-state index is 0.0372. The zero-order valence-electron chi connectivity index (χ0n) is 24.4. The van der Waals surface area contributed by atoms with Crippen LogP contribution in [0.5, 0.6) is 5.75 Å². The van der Waals surface area contributed by atoms with Crippen LogP contribution in [0.1, 0.15) is 19.8 Å². The Labute approximate surface area is 253 Å². The van der Waals surface area contributed by atoms with E-state index in [1.165, 1.54) is 40.0 Å². The van der Waals surface area contributed by atoms with E-state index < -0.39 is 4.92 Å². The Morgan fingerprint density at radius 3 is 2.27 bits per heavy atom. The number of hydrogen-bond acceptors (Lipinski definition) is 7. The predicted octanol–water partition coefficient (Wildman–Crippen LogP) is 7.90. The molecule has 0 unspecified atom stereocenters. The van der Waals surface area contributed by atoms with Gasteiger partial charge in [-0.15, -0.1) is 10.2 Å². The Balaban J connectivity index is 1.43. The summed E-state index contributed by atoms with van der Waals surface area (Å²) in [6, 6.07) is 25.4. The predicted molar refractivity (Wildman–Crippen MR) is 172 cm³/mol. The number of aromatic nitrogens is 2. The van der Waals surface area contributed by atoms with Gasteiger partial charge in [0.05, 0.1) is 29.7 Å². The van der Waals surface area contributed by atoms with Crippen LogP contribution in [0.25, 0.3) is 43.8 Å². The number of aryl methyl sites for hydroxylation is 1. The number of hydrogen-bond donors (Lipinski definition) is 2. The van der Waals surface area contributed by atoms with Gasteiger partial charge in [0.2, 0.25) is 0 Å². The lowest BCUT2D eigenvalue weighted by Gasteiger charge is -2.08. The van der Waals surface area contributed by atoms with Gasteiger partial charge in [-0.1, -0.05) is 43.7 Å². The van der Waals surface area contributed by atoms with Gasteiger partial charge in [0, 0.05) is 52.5 Å². The Morgan fingerprint density at radius 1 is 0.795 bits per heavy atom. The van der Waals surface area contributed by atoms with E-state index in [0.717, 1.165) is 41.4 Å². The Bertz CT molecular complexity index is 2010. The molecular formula is C34H33N5O5. The summed E-state index contributed by atoms with van der Waals surface area (Å²) in [5.41, 5.74) is 6.18. The van der Waals surface area contributed by atoms with Crippen molar-refractivity contribution >= 4 is 49.8 Å².